The third-order valence-electron chi connectivity index (χ3n) is 4.58. The molecule has 2 aliphatic heterocycles. The molecule has 0 bridgehead atoms. The second-order valence-electron chi connectivity index (χ2n) is 7.73. The van der Waals surface area contributed by atoms with Gasteiger partial charge in [-0.15, -0.1) is 0 Å². The predicted molar refractivity (Wildman–Crippen MR) is 102 cm³/mol. The Morgan fingerprint density at radius 2 is 1.50 bits per heavy atom. The van der Waals surface area contributed by atoms with E-state index < -0.39 is 31.2 Å². The summed E-state index contributed by atoms with van der Waals surface area (Å²) in [6.07, 6.45) is -5.62. The van der Waals surface area contributed by atoms with Crippen LogP contribution in [0, 0.1) is 5.41 Å². The lowest BCUT2D eigenvalue weighted by molar-refractivity contribution is -0.156. The van der Waals surface area contributed by atoms with Gasteiger partial charge in [-0.1, -0.05) is 32.9 Å². The maximum absolute atomic E-state index is 11.4. The Kier molecular flexibility index (Phi) is 6.47. The van der Waals surface area contributed by atoms with Crippen molar-refractivity contribution in [3.8, 4) is 0 Å². The van der Waals surface area contributed by atoms with Crippen LogP contribution in [0.3, 0.4) is 0 Å². The van der Waals surface area contributed by atoms with Crippen LogP contribution in [0.2, 0.25) is 0 Å². The summed E-state index contributed by atoms with van der Waals surface area (Å²) in [5.41, 5.74) is 1.43. The Morgan fingerprint density at radius 1 is 0.967 bits per heavy atom. The van der Waals surface area contributed by atoms with Crippen molar-refractivity contribution >= 4 is 18.2 Å². The van der Waals surface area contributed by atoms with Gasteiger partial charge in [0.2, 0.25) is 5.90 Å². The molecular formula is C20H25NO9. The molecule has 0 amide bonds. The molecule has 2 aliphatic rings. The number of hydrogen-bond acceptors (Lipinski definition) is 10. The average molecular weight is 423 g/mol. The normalized spacial score (nSPS) is 24.0. The van der Waals surface area contributed by atoms with E-state index in [-0.39, 0.29) is 11.5 Å². The van der Waals surface area contributed by atoms with E-state index in [1.807, 2.05) is 12.1 Å². The number of rotatable bonds is 4. The number of carbonyl (C=O) groups is 2. The molecule has 0 aromatic heterocycles. The summed E-state index contributed by atoms with van der Waals surface area (Å²) in [5.74, 6) is 0.577. The summed E-state index contributed by atoms with van der Waals surface area (Å²) in [4.78, 5) is 27.5. The van der Waals surface area contributed by atoms with Crippen LogP contribution in [0.4, 0.5) is 9.59 Å². The summed E-state index contributed by atoms with van der Waals surface area (Å²) in [7, 11) is 2.28. The van der Waals surface area contributed by atoms with Gasteiger partial charge in [-0.2, -0.15) is 0 Å². The lowest BCUT2D eigenvalue weighted by Gasteiger charge is -2.21. The molecule has 1 fully saturated rings. The number of carbonyl (C=O) groups excluding carboxylic acids is 2. The molecule has 0 saturated carbocycles. The van der Waals surface area contributed by atoms with E-state index >= 15 is 0 Å². The first kappa shape index (κ1) is 21.8. The SMILES string of the molecule is COC(=O)O[C@H]1OC(c2ccc(C3=N[C@@H](C(C)(C)C)CO3)cc2)O[C@@H]1OC(=O)OC. The lowest BCUT2D eigenvalue weighted by atomic mass is 9.88. The highest BCUT2D eigenvalue weighted by molar-refractivity contribution is 5.95. The van der Waals surface area contributed by atoms with Crippen molar-refractivity contribution in [1.29, 1.82) is 0 Å². The van der Waals surface area contributed by atoms with Crippen LogP contribution in [0.5, 0.6) is 0 Å². The Balaban J connectivity index is 1.71. The molecule has 10 nitrogen and oxygen atoms in total. The Bertz CT molecular complexity index is 773. The Hall–Kier alpha value is -2.85. The first-order valence-electron chi connectivity index (χ1n) is 9.32. The number of methoxy groups -OCH3 is 2. The molecular weight excluding hydrogens is 398 g/mol. The second kappa shape index (κ2) is 8.88. The van der Waals surface area contributed by atoms with Crippen LogP contribution >= 0.6 is 0 Å². The van der Waals surface area contributed by atoms with E-state index in [0.29, 0.717) is 18.1 Å². The van der Waals surface area contributed by atoms with Gasteiger partial charge in [-0.05, 0) is 17.5 Å². The Morgan fingerprint density at radius 3 is 1.93 bits per heavy atom. The van der Waals surface area contributed by atoms with E-state index in [2.05, 4.69) is 35.2 Å². The van der Waals surface area contributed by atoms with Crippen molar-refractivity contribution in [2.24, 2.45) is 10.4 Å². The molecule has 1 saturated heterocycles. The smallest absolute Gasteiger partial charge is 0.475 e. The first-order valence-corrected chi connectivity index (χ1v) is 9.32. The van der Waals surface area contributed by atoms with Gasteiger partial charge in [0, 0.05) is 11.1 Å². The third-order valence-corrected chi connectivity index (χ3v) is 4.58. The number of benzene rings is 1. The molecule has 0 unspecified atom stereocenters. The maximum Gasteiger partial charge on any atom is 0.510 e. The second-order valence-corrected chi connectivity index (χ2v) is 7.73. The number of nitrogens with zero attached hydrogens (tertiary/aromatic N) is 1. The van der Waals surface area contributed by atoms with Crippen LogP contribution in [-0.4, -0.2) is 57.7 Å². The fraction of sp³-hybridized carbons (Fsp3) is 0.550. The van der Waals surface area contributed by atoms with Crippen molar-refractivity contribution < 1.29 is 42.7 Å². The molecule has 0 aliphatic carbocycles. The molecule has 30 heavy (non-hydrogen) atoms. The maximum atomic E-state index is 11.4. The standard InChI is InChI=1S/C20H25NO9/c1-20(2,3)13-10-26-14(21-13)11-6-8-12(9-7-11)15-27-16(29-18(22)24-4)17(28-15)30-19(23)25-5/h6-9,13,15-17H,10H2,1-5H3/t13-,16-,17-/m1/s1. The minimum atomic E-state index is -1.32. The highest BCUT2D eigenvalue weighted by atomic mass is 16.9. The van der Waals surface area contributed by atoms with Gasteiger partial charge in [0.15, 0.2) is 6.29 Å². The molecule has 164 valence electrons. The number of hydrogen-bond donors (Lipinski definition) is 0. The van der Waals surface area contributed by atoms with Gasteiger partial charge in [-0.3, -0.25) is 0 Å². The molecule has 0 radical (unpaired) electrons. The topological polar surface area (TPSA) is 111 Å². The van der Waals surface area contributed by atoms with E-state index in [4.69, 9.17) is 23.7 Å². The molecule has 1 aromatic rings. The largest absolute Gasteiger partial charge is 0.510 e. The molecule has 3 rings (SSSR count). The van der Waals surface area contributed by atoms with Crippen molar-refractivity contribution in [2.45, 2.75) is 45.7 Å². The van der Waals surface area contributed by atoms with E-state index in [1.165, 1.54) is 0 Å². The van der Waals surface area contributed by atoms with Crippen molar-refractivity contribution in [1.82, 2.24) is 0 Å². The summed E-state index contributed by atoms with van der Waals surface area (Å²) in [5, 5.41) is 0. The van der Waals surface area contributed by atoms with E-state index in [9.17, 15) is 9.59 Å². The Labute approximate surface area is 174 Å². The van der Waals surface area contributed by atoms with Crippen molar-refractivity contribution in [3.63, 3.8) is 0 Å². The zero-order valence-corrected chi connectivity index (χ0v) is 17.4. The fourth-order valence-electron chi connectivity index (χ4n) is 2.77. The van der Waals surface area contributed by atoms with Crippen LogP contribution < -0.4 is 0 Å². The van der Waals surface area contributed by atoms with Crippen molar-refractivity contribution in [2.75, 3.05) is 20.8 Å². The van der Waals surface area contributed by atoms with Gasteiger partial charge in [-0.25, -0.2) is 14.6 Å². The quantitative estimate of drug-likeness (QED) is 0.674. The minimum absolute atomic E-state index is 0.0104. The van der Waals surface area contributed by atoms with Crippen LogP contribution in [0.1, 0.15) is 38.2 Å². The lowest BCUT2D eigenvalue weighted by Crippen LogP contribution is -2.32. The van der Waals surface area contributed by atoms with E-state index in [0.717, 1.165) is 19.8 Å². The molecule has 3 atom stereocenters. The predicted octanol–water partition coefficient (Wildman–Crippen LogP) is 3.14. The average Bonchev–Trinajstić information content (AvgIpc) is 3.36. The van der Waals surface area contributed by atoms with Crippen LogP contribution in [0.15, 0.2) is 29.3 Å². The summed E-state index contributed by atoms with van der Waals surface area (Å²) >= 11 is 0. The molecule has 0 N–H and O–H groups in total. The van der Waals surface area contributed by atoms with Gasteiger partial charge in [0.1, 0.15) is 6.61 Å². The monoisotopic (exact) mass is 423 g/mol. The zero-order chi connectivity index (χ0) is 21.9. The summed E-state index contributed by atoms with van der Waals surface area (Å²) in [6, 6.07) is 7.23. The molecule has 0 spiro atoms. The zero-order valence-electron chi connectivity index (χ0n) is 17.4. The summed E-state index contributed by atoms with van der Waals surface area (Å²) < 4.78 is 35.6. The summed E-state index contributed by atoms with van der Waals surface area (Å²) in [6.45, 7) is 6.88. The molecule has 10 heteroatoms. The molecule has 1 aromatic carbocycles. The first-order chi connectivity index (χ1) is 14.2. The van der Waals surface area contributed by atoms with Crippen molar-refractivity contribution in [3.05, 3.63) is 35.4 Å². The van der Waals surface area contributed by atoms with Gasteiger partial charge in [0.25, 0.3) is 12.6 Å². The molecule has 2 heterocycles. The van der Waals surface area contributed by atoms with Gasteiger partial charge < -0.3 is 33.2 Å². The number of ether oxygens (including phenoxy) is 7. The number of aliphatic imine (C=N–C) groups is 1. The minimum Gasteiger partial charge on any atom is -0.475 e. The van der Waals surface area contributed by atoms with Gasteiger partial charge >= 0.3 is 12.3 Å². The highest BCUT2D eigenvalue weighted by Crippen LogP contribution is 2.33. The van der Waals surface area contributed by atoms with Crippen LogP contribution in [0.25, 0.3) is 0 Å². The highest BCUT2D eigenvalue weighted by Gasteiger charge is 2.43. The third kappa shape index (κ3) is 5.00. The van der Waals surface area contributed by atoms with Crippen LogP contribution in [-0.2, 0) is 33.2 Å². The fourth-order valence-corrected chi connectivity index (χ4v) is 2.77. The van der Waals surface area contributed by atoms with Gasteiger partial charge in [0.05, 0.1) is 20.3 Å². The van der Waals surface area contributed by atoms with E-state index in [1.54, 1.807) is 12.1 Å².